The highest BCUT2D eigenvalue weighted by Gasteiger charge is 2.37. The van der Waals surface area contributed by atoms with Crippen LogP contribution in [-0.4, -0.2) is 34.8 Å². The highest BCUT2D eigenvalue weighted by Crippen LogP contribution is 2.35. The second-order valence-corrected chi connectivity index (χ2v) is 8.79. The number of likely N-dealkylation sites (tertiary alicyclic amines) is 1. The molecule has 1 aliphatic rings. The molecule has 2 rings (SSSR count). The fourth-order valence-corrected chi connectivity index (χ4v) is 3.19. The molecule has 0 aromatic heterocycles. The fraction of sp³-hybridized carbons (Fsp3) is 0.619. The smallest absolute Gasteiger partial charge is 0.410 e. The van der Waals surface area contributed by atoms with Crippen LogP contribution in [0.15, 0.2) is 24.3 Å². The number of ether oxygens (including phenoxy) is 1. The SMILES string of the molecule is CC(C)(C)OC(=O)N1CCC(C#N)(Cc2ccc(C(C)(C)O)cc2)CC1. The van der Waals surface area contributed by atoms with E-state index in [2.05, 4.69) is 6.07 Å². The molecule has 0 saturated carbocycles. The van der Waals surface area contributed by atoms with E-state index >= 15 is 0 Å². The molecule has 0 bridgehead atoms. The van der Waals surface area contributed by atoms with Crippen molar-refractivity contribution in [1.82, 2.24) is 4.90 Å². The predicted octanol–water partition coefficient (Wildman–Crippen LogP) is 4.00. The summed E-state index contributed by atoms with van der Waals surface area (Å²) in [6.07, 6.45) is 1.61. The monoisotopic (exact) mass is 358 g/mol. The Hall–Kier alpha value is -2.06. The number of carbonyl (C=O) groups excluding carboxylic acids is 1. The first kappa shape index (κ1) is 20.3. The third kappa shape index (κ3) is 5.22. The molecule has 0 unspecified atom stereocenters. The van der Waals surface area contributed by atoms with Gasteiger partial charge in [-0.05, 0) is 65.0 Å². The van der Waals surface area contributed by atoms with Crippen molar-refractivity contribution in [3.8, 4) is 6.07 Å². The zero-order chi connectivity index (χ0) is 19.6. The number of hydrogen-bond acceptors (Lipinski definition) is 4. The number of nitriles is 1. The van der Waals surface area contributed by atoms with Crippen molar-refractivity contribution in [2.24, 2.45) is 5.41 Å². The van der Waals surface area contributed by atoms with Crippen molar-refractivity contribution in [3.63, 3.8) is 0 Å². The van der Waals surface area contributed by atoms with Gasteiger partial charge in [0.2, 0.25) is 0 Å². The van der Waals surface area contributed by atoms with Gasteiger partial charge in [-0.25, -0.2) is 4.79 Å². The Kier molecular flexibility index (Phi) is 5.67. The molecule has 1 aliphatic heterocycles. The number of aliphatic hydroxyl groups is 1. The summed E-state index contributed by atoms with van der Waals surface area (Å²) in [4.78, 5) is 13.9. The van der Waals surface area contributed by atoms with E-state index < -0.39 is 16.6 Å². The Morgan fingerprint density at radius 3 is 2.15 bits per heavy atom. The van der Waals surface area contributed by atoms with Gasteiger partial charge >= 0.3 is 6.09 Å². The third-order valence-corrected chi connectivity index (χ3v) is 4.81. The Balaban J connectivity index is 2.01. The Morgan fingerprint density at radius 1 is 1.19 bits per heavy atom. The molecule has 5 nitrogen and oxygen atoms in total. The molecular formula is C21H30N2O3. The first-order valence-corrected chi connectivity index (χ1v) is 9.15. The molecule has 1 amide bonds. The van der Waals surface area contributed by atoms with Crippen LogP contribution in [0.5, 0.6) is 0 Å². The van der Waals surface area contributed by atoms with Crippen LogP contribution in [0.4, 0.5) is 4.79 Å². The normalized spacial score (nSPS) is 17.5. The molecule has 5 heteroatoms. The third-order valence-electron chi connectivity index (χ3n) is 4.81. The van der Waals surface area contributed by atoms with Gasteiger partial charge in [-0.3, -0.25) is 0 Å². The molecule has 1 N–H and O–H groups in total. The first-order valence-electron chi connectivity index (χ1n) is 9.15. The van der Waals surface area contributed by atoms with Crippen molar-refractivity contribution in [1.29, 1.82) is 5.26 Å². The van der Waals surface area contributed by atoms with E-state index in [1.165, 1.54) is 0 Å². The Morgan fingerprint density at radius 2 is 1.73 bits per heavy atom. The van der Waals surface area contributed by atoms with Gasteiger partial charge in [0.15, 0.2) is 0 Å². The minimum absolute atomic E-state index is 0.307. The van der Waals surface area contributed by atoms with Crippen LogP contribution in [0, 0.1) is 16.7 Å². The minimum Gasteiger partial charge on any atom is -0.444 e. The molecule has 1 aromatic rings. The molecule has 0 radical (unpaired) electrons. The number of rotatable bonds is 3. The van der Waals surface area contributed by atoms with E-state index in [0.717, 1.165) is 11.1 Å². The summed E-state index contributed by atoms with van der Waals surface area (Å²) in [7, 11) is 0. The van der Waals surface area contributed by atoms with Crippen LogP contribution in [0.1, 0.15) is 58.6 Å². The maximum Gasteiger partial charge on any atom is 0.410 e. The fourth-order valence-electron chi connectivity index (χ4n) is 3.19. The lowest BCUT2D eigenvalue weighted by atomic mass is 9.75. The molecule has 26 heavy (non-hydrogen) atoms. The number of carbonyl (C=O) groups is 1. The van der Waals surface area contributed by atoms with Crippen LogP contribution in [0.3, 0.4) is 0 Å². The lowest BCUT2D eigenvalue weighted by Crippen LogP contribution is -2.45. The molecule has 0 aliphatic carbocycles. The van der Waals surface area contributed by atoms with Gasteiger partial charge in [-0.15, -0.1) is 0 Å². The Bertz CT molecular complexity index is 667. The summed E-state index contributed by atoms with van der Waals surface area (Å²) < 4.78 is 5.42. The molecule has 1 aromatic carbocycles. The maximum atomic E-state index is 12.2. The topological polar surface area (TPSA) is 73.6 Å². The van der Waals surface area contributed by atoms with Gasteiger partial charge in [0.25, 0.3) is 0 Å². The summed E-state index contributed by atoms with van der Waals surface area (Å²) in [6.45, 7) is 10.1. The maximum absolute atomic E-state index is 12.2. The molecule has 142 valence electrons. The van der Waals surface area contributed by atoms with Crippen molar-refractivity contribution in [3.05, 3.63) is 35.4 Å². The van der Waals surface area contributed by atoms with E-state index in [4.69, 9.17) is 4.74 Å². The quantitative estimate of drug-likeness (QED) is 0.886. The van der Waals surface area contributed by atoms with Gasteiger partial charge < -0.3 is 14.7 Å². The van der Waals surface area contributed by atoms with Crippen molar-refractivity contribution >= 4 is 6.09 Å². The van der Waals surface area contributed by atoms with Crippen molar-refractivity contribution < 1.29 is 14.6 Å². The van der Waals surface area contributed by atoms with Crippen LogP contribution in [0.2, 0.25) is 0 Å². The zero-order valence-electron chi connectivity index (χ0n) is 16.5. The van der Waals surface area contributed by atoms with Crippen LogP contribution < -0.4 is 0 Å². The lowest BCUT2D eigenvalue weighted by Gasteiger charge is -2.38. The summed E-state index contributed by atoms with van der Waals surface area (Å²) in [5.41, 5.74) is 0.0828. The second-order valence-electron chi connectivity index (χ2n) is 8.79. The summed E-state index contributed by atoms with van der Waals surface area (Å²) in [5.74, 6) is 0. The number of nitrogens with zero attached hydrogens (tertiary/aromatic N) is 2. The number of hydrogen-bond donors (Lipinski definition) is 1. The van der Waals surface area contributed by atoms with Gasteiger partial charge in [-0.2, -0.15) is 5.26 Å². The standard InChI is InChI=1S/C21H30N2O3/c1-19(2,3)26-18(24)23-12-10-21(15-22,11-13-23)14-16-6-8-17(9-7-16)20(4,5)25/h6-9,25H,10-14H2,1-5H3. The van der Waals surface area contributed by atoms with Crippen LogP contribution in [-0.2, 0) is 16.8 Å². The zero-order valence-corrected chi connectivity index (χ0v) is 16.5. The van der Waals surface area contributed by atoms with Crippen LogP contribution >= 0.6 is 0 Å². The van der Waals surface area contributed by atoms with Gasteiger partial charge in [-0.1, -0.05) is 24.3 Å². The lowest BCUT2D eigenvalue weighted by molar-refractivity contribution is 0.0148. The van der Waals surface area contributed by atoms with Gasteiger partial charge in [0.05, 0.1) is 17.1 Å². The summed E-state index contributed by atoms with van der Waals surface area (Å²) >= 11 is 0. The van der Waals surface area contributed by atoms with E-state index in [0.29, 0.717) is 32.4 Å². The van der Waals surface area contributed by atoms with Crippen molar-refractivity contribution in [2.45, 2.75) is 65.1 Å². The number of benzene rings is 1. The Labute approximate surface area is 156 Å². The van der Waals surface area contributed by atoms with E-state index in [1.807, 2.05) is 45.0 Å². The second kappa shape index (κ2) is 7.28. The summed E-state index contributed by atoms with van der Waals surface area (Å²) in [6, 6.07) is 10.3. The molecule has 1 fully saturated rings. The predicted molar refractivity (Wildman–Crippen MR) is 100 cm³/mol. The number of piperidine rings is 1. The average Bonchev–Trinajstić information content (AvgIpc) is 2.53. The molecule has 0 atom stereocenters. The largest absolute Gasteiger partial charge is 0.444 e. The van der Waals surface area contributed by atoms with Crippen molar-refractivity contribution in [2.75, 3.05) is 13.1 Å². The van der Waals surface area contributed by atoms with Gasteiger partial charge in [0.1, 0.15) is 5.60 Å². The highest BCUT2D eigenvalue weighted by molar-refractivity contribution is 5.68. The number of amides is 1. The molecule has 0 spiro atoms. The van der Waals surface area contributed by atoms with E-state index in [1.54, 1.807) is 18.7 Å². The first-order chi connectivity index (χ1) is 11.9. The summed E-state index contributed by atoms with van der Waals surface area (Å²) in [5, 5.41) is 19.8. The minimum atomic E-state index is -0.871. The van der Waals surface area contributed by atoms with E-state index in [-0.39, 0.29) is 6.09 Å². The average molecular weight is 358 g/mol. The molecule has 1 heterocycles. The van der Waals surface area contributed by atoms with E-state index in [9.17, 15) is 15.2 Å². The van der Waals surface area contributed by atoms with Crippen LogP contribution in [0.25, 0.3) is 0 Å². The van der Waals surface area contributed by atoms with Gasteiger partial charge in [0, 0.05) is 13.1 Å². The highest BCUT2D eigenvalue weighted by atomic mass is 16.6. The molecule has 1 saturated heterocycles. The molecular weight excluding hydrogens is 328 g/mol.